The molecule has 1 saturated heterocycles. The number of carbonyl (C=O) groups is 1. The lowest BCUT2D eigenvalue weighted by atomic mass is 10.1. The van der Waals surface area contributed by atoms with Gasteiger partial charge in [-0.25, -0.2) is 4.79 Å². The maximum Gasteiger partial charge on any atom is 0.467 e. The Kier molecular flexibility index (Phi) is 2.94. The van der Waals surface area contributed by atoms with Crippen LogP contribution in [0.25, 0.3) is 0 Å². The van der Waals surface area contributed by atoms with Gasteiger partial charge in [-0.05, 0) is 0 Å². The van der Waals surface area contributed by atoms with E-state index in [1.165, 1.54) is 5.06 Å². The predicted molar refractivity (Wildman–Crippen MR) is 38.5 cm³/mol. The molecule has 0 spiro atoms. The van der Waals surface area contributed by atoms with Crippen LogP contribution in [0.2, 0.25) is 0 Å². The molecule has 0 atom stereocenters. The highest BCUT2D eigenvalue weighted by Gasteiger charge is 2.29. The Morgan fingerprint density at radius 1 is 1.62 bits per heavy atom. The standard InChI is InChI=1S/C5H5N3O4S/c6-1-4-2-8(3-4)12-5(9)7-13(10)11/h4H,2-3H2. The van der Waals surface area contributed by atoms with Gasteiger partial charge in [0.1, 0.15) is 0 Å². The third-order valence-electron chi connectivity index (χ3n) is 1.39. The summed E-state index contributed by atoms with van der Waals surface area (Å²) in [5.74, 6) is -0.162. The van der Waals surface area contributed by atoms with Crippen LogP contribution in [0.3, 0.4) is 0 Å². The van der Waals surface area contributed by atoms with Crippen LogP contribution in [0.5, 0.6) is 0 Å². The second-order valence-corrected chi connectivity index (χ2v) is 2.96. The lowest BCUT2D eigenvalue weighted by Crippen LogP contribution is -2.46. The molecule has 1 rings (SSSR count). The third kappa shape index (κ3) is 2.81. The number of amides is 1. The highest BCUT2D eigenvalue weighted by atomic mass is 32.2. The number of nitriles is 1. The van der Waals surface area contributed by atoms with Crippen molar-refractivity contribution in [1.29, 1.82) is 5.26 Å². The average Bonchev–Trinajstić information content (AvgIpc) is 1.94. The summed E-state index contributed by atoms with van der Waals surface area (Å²) in [6.07, 6.45) is -1.19. The molecular weight excluding hydrogens is 198 g/mol. The number of rotatable bonds is 1. The van der Waals surface area contributed by atoms with Gasteiger partial charge in [-0.15, -0.1) is 5.06 Å². The number of hydrogen-bond donors (Lipinski definition) is 0. The van der Waals surface area contributed by atoms with E-state index in [0.29, 0.717) is 13.1 Å². The predicted octanol–water partition coefficient (Wildman–Crippen LogP) is -0.444. The molecule has 0 aromatic rings. The fraction of sp³-hybridized carbons (Fsp3) is 0.600. The zero-order chi connectivity index (χ0) is 9.84. The molecule has 0 aromatic heterocycles. The third-order valence-corrected chi connectivity index (χ3v) is 1.69. The molecule has 13 heavy (non-hydrogen) atoms. The zero-order valence-corrected chi connectivity index (χ0v) is 7.19. The smallest absolute Gasteiger partial charge is 0.349 e. The molecule has 1 aliphatic rings. The Morgan fingerprint density at radius 3 is 2.69 bits per heavy atom. The van der Waals surface area contributed by atoms with Gasteiger partial charge in [0.15, 0.2) is 0 Å². The molecule has 7 nitrogen and oxygen atoms in total. The summed E-state index contributed by atoms with van der Waals surface area (Å²) in [5.41, 5.74) is 0. The maximum absolute atomic E-state index is 10.5. The van der Waals surface area contributed by atoms with Gasteiger partial charge in [-0.3, -0.25) is 0 Å². The summed E-state index contributed by atoms with van der Waals surface area (Å²) in [4.78, 5) is 15.0. The summed E-state index contributed by atoms with van der Waals surface area (Å²) < 4.78 is 22.3. The second kappa shape index (κ2) is 3.97. The molecule has 1 fully saturated rings. The summed E-state index contributed by atoms with van der Waals surface area (Å²) in [6, 6.07) is 1.96. The highest BCUT2D eigenvalue weighted by molar-refractivity contribution is 7.62. The molecule has 70 valence electrons. The quantitative estimate of drug-likeness (QED) is 0.572. The first-order valence-electron chi connectivity index (χ1n) is 3.29. The van der Waals surface area contributed by atoms with Crippen LogP contribution in [0.1, 0.15) is 0 Å². The topological polar surface area (TPSA) is 99.8 Å². The van der Waals surface area contributed by atoms with Crippen molar-refractivity contribution in [2.45, 2.75) is 0 Å². The Hall–Kier alpha value is -1.46. The molecule has 0 unspecified atom stereocenters. The molecule has 0 aromatic carbocycles. The zero-order valence-electron chi connectivity index (χ0n) is 6.37. The molecule has 1 aliphatic heterocycles. The minimum atomic E-state index is -2.79. The van der Waals surface area contributed by atoms with E-state index in [0.717, 1.165) is 0 Å². The van der Waals surface area contributed by atoms with Crippen LogP contribution in [0.15, 0.2) is 4.36 Å². The number of hydrogen-bond acceptors (Lipinski definition) is 6. The minimum absolute atomic E-state index is 0.162. The maximum atomic E-state index is 10.5. The largest absolute Gasteiger partial charge is 0.467 e. The molecular formula is C5H5N3O4S. The van der Waals surface area contributed by atoms with Crippen molar-refractivity contribution in [2.24, 2.45) is 10.3 Å². The first kappa shape index (κ1) is 9.63. The van der Waals surface area contributed by atoms with E-state index >= 15 is 0 Å². The van der Waals surface area contributed by atoms with Crippen LogP contribution in [0.4, 0.5) is 4.79 Å². The van der Waals surface area contributed by atoms with E-state index < -0.39 is 16.6 Å². The first-order chi connectivity index (χ1) is 6.11. The fourth-order valence-corrected chi connectivity index (χ4v) is 0.937. The summed E-state index contributed by atoms with van der Waals surface area (Å²) in [6.45, 7) is 0.590. The van der Waals surface area contributed by atoms with E-state index in [4.69, 9.17) is 5.26 Å². The molecule has 0 bridgehead atoms. The van der Waals surface area contributed by atoms with Crippen LogP contribution in [-0.4, -0.2) is 32.7 Å². The van der Waals surface area contributed by atoms with E-state index in [9.17, 15) is 13.2 Å². The van der Waals surface area contributed by atoms with Gasteiger partial charge in [0.25, 0.3) is 0 Å². The first-order valence-corrected chi connectivity index (χ1v) is 4.32. The lowest BCUT2D eigenvalue weighted by Gasteiger charge is -2.31. The summed E-state index contributed by atoms with van der Waals surface area (Å²) in [5, 5.41) is 9.52. The number of nitrogens with zero attached hydrogens (tertiary/aromatic N) is 3. The Labute approximate surface area is 75.2 Å². The van der Waals surface area contributed by atoms with Crippen LogP contribution in [-0.2, 0) is 15.3 Å². The Bertz CT molecular complexity index is 367. The molecule has 0 saturated carbocycles. The summed E-state index contributed by atoms with van der Waals surface area (Å²) >= 11 is 0. The molecule has 1 heterocycles. The van der Waals surface area contributed by atoms with Gasteiger partial charge in [0, 0.05) is 0 Å². The van der Waals surface area contributed by atoms with E-state index in [1.807, 2.05) is 6.07 Å². The van der Waals surface area contributed by atoms with E-state index in [-0.39, 0.29) is 5.92 Å². The second-order valence-electron chi connectivity index (χ2n) is 2.34. The van der Waals surface area contributed by atoms with Crippen molar-refractivity contribution in [3.63, 3.8) is 0 Å². The normalized spacial score (nSPS) is 16.8. The van der Waals surface area contributed by atoms with Crippen molar-refractivity contribution < 1.29 is 18.0 Å². The highest BCUT2D eigenvalue weighted by Crippen LogP contribution is 2.14. The molecule has 0 radical (unpaired) electrons. The van der Waals surface area contributed by atoms with Crippen LogP contribution >= 0.6 is 0 Å². The van der Waals surface area contributed by atoms with Gasteiger partial charge < -0.3 is 4.84 Å². The van der Waals surface area contributed by atoms with E-state index in [2.05, 4.69) is 9.20 Å². The van der Waals surface area contributed by atoms with Crippen molar-refractivity contribution in [1.82, 2.24) is 5.06 Å². The monoisotopic (exact) mass is 203 g/mol. The van der Waals surface area contributed by atoms with Gasteiger partial charge in [-0.2, -0.15) is 13.7 Å². The van der Waals surface area contributed by atoms with Crippen molar-refractivity contribution >= 4 is 16.6 Å². The summed E-state index contributed by atoms with van der Waals surface area (Å²) in [7, 11) is -2.79. The molecule has 0 N–H and O–H groups in total. The number of carbonyl (C=O) groups excluding carboxylic acids is 1. The molecule has 8 heteroatoms. The van der Waals surface area contributed by atoms with Gasteiger partial charge >= 0.3 is 16.6 Å². The molecule has 1 amide bonds. The lowest BCUT2D eigenvalue weighted by molar-refractivity contribution is -0.155. The fourth-order valence-electron chi connectivity index (χ4n) is 0.782. The van der Waals surface area contributed by atoms with Gasteiger partial charge in [-0.1, -0.05) is 4.36 Å². The van der Waals surface area contributed by atoms with Gasteiger partial charge in [0.05, 0.1) is 25.1 Å². The average molecular weight is 203 g/mol. The van der Waals surface area contributed by atoms with Gasteiger partial charge in [0.2, 0.25) is 0 Å². The van der Waals surface area contributed by atoms with Crippen molar-refractivity contribution in [3.05, 3.63) is 0 Å². The SMILES string of the molecule is N#CC1CN(OC(=O)N=S(=O)=O)C1. The molecule has 0 aliphatic carbocycles. The van der Waals surface area contributed by atoms with Crippen molar-refractivity contribution in [2.75, 3.05) is 13.1 Å². The van der Waals surface area contributed by atoms with Crippen LogP contribution < -0.4 is 0 Å². The Morgan fingerprint density at radius 2 is 2.23 bits per heavy atom. The van der Waals surface area contributed by atoms with Crippen LogP contribution in [0, 0.1) is 17.2 Å². The minimum Gasteiger partial charge on any atom is -0.349 e. The Balaban J connectivity index is 2.33. The number of hydroxylamine groups is 2. The van der Waals surface area contributed by atoms with Crippen molar-refractivity contribution in [3.8, 4) is 6.07 Å². The van der Waals surface area contributed by atoms with E-state index in [1.54, 1.807) is 0 Å².